The highest BCUT2D eigenvalue weighted by Crippen LogP contribution is 2.38. The number of benzene rings is 1. The van der Waals surface area contributed by atoms with Gasteiger partial charge in [0.05, 0.1) is 19.6 Å². The summed E-state index contributed by atoms with van der Waals surface area (Å²) in [5, 5.41) is 17.8. The average Bonchev–Trinajstić information content (AvgIpc) is 3.40. The van der Waals surface area contributed by atoms with Crippen LogP contribution in [0.2, 0.25) is 0 Å². The van der Waals surface area contributed by atoms with E-state index in [9.17, 15) is 27.9 Å². The molecule has 2 atom stereocenters. The molecule has 1 fully saturated rings. The zero-order chi connectivity index (χ0) is 30.4. The fourth-order valence-corrected chi connectivity index (χ4v) is 5.11. The van der Waals surface area contributed by atoms with Crippen molar-refractivity contribution >= 4 is 23.4 Å². The van der Waals surface area contributed by atoms with E-state index in [4.69, 9.17) is 9.47 Å². The number of nitrogens with one attached hydrogen (secondary N) is 3. The van der Waals surface area contributed by atoms with E-state index < -0.39 is 24.2 Å². The number of aliphatic hydroxyl groups is 1. The van der Waals surface area contributed by atoms with Crippen LogP contribution < -0.4 is 16.0 Å². The van der Waals surface area contributed by atoms with E-state index in [0.29, 0.717) is 30.2 Å². The Morgan fingerprint density at radius 3 is 2.71 bits per heavy atom. The Morgan fingerprint density at radius 1 is 1.24 bits per heavy atom. The van der Waals surface area contributed by atoms with Gasteiger partial charge in [-0.05, 0) is 59.9 Å². The summed E-state index contributed by atoms with van der Waals surface area (Å²) in [7, 11) is 1.28. The van der Waals surface area contributed by atoms with Crippen molar-refractivity contribution in [3.8, 4) is 0 Å². The molecule has 12 heteroatoms. The van der Waals surface area contributed by atoms with Gasteiger partial charge >= 0.3 is 18.3 Å². The van der Waals surface area contributed by atoms with Gasteiger partial charge in [0, 0.05) is 37.7 Å². The number of allylic oxidation sites excluding steroid dienone is 6. The smallest absolute Gasteiger partial charge is 0.412 e. The molecule has 0 radical (unpaired) electrons. The number of carbonyl (C=O) groups is 2. The topological polar surface area (TPSA) is 112 Å². The summed E-state index contributed by atoms with van der Waals surface area (Å²) in [6.07, 6.45) is 3.00. The third-order valence-corrected chi connectivity index (χ3v) is 7.34. The summed E-state index contributed by atoms with van der Waals surface area (Å²) in [6.45, 7) is 6.26. The van der Waals surface area contributed by atoms with Crippen LogP contribution in [0.25, 0.3) is 5.57 Å². The molecule has 3 aliphatic rings. The van der Waals surface area contributed by atoms with Crippen LogP contribution >= 0.6 is 0 Å². The third-order valence-electron chi connectivity index (χ3n) is 7.34. The fraction of sp³-hybridized carbons (Fsp3) is 0.400. The molecular weight excluding hydrogens is 553 g/mol. The van der Waals surface area contributed by atoms with E-state index in [-0.39, 0.29) is 38.6 Å². The van der Waals surface area contributed by atoms with Crippen LogP contribution in [0.15, 0.2) is 71.8 Å². The number of ether oxygens (including phenoxy) is 2. The van der Waals surface area contributed by atoms with Crippen molar-refractivity contribution in [1.82, 2.24) is 15.5 Å². The third kappa shape index (κ3) is 7.55. The van der Waals surface area contributed by atoms with Gasteiger partial charge in [-0.1, -0.05) is 30.4 Å². The van der Waals surface area contributed by atoms with Crippen LogP contribution in [0.1, 0.15) is 24.0 Å². The zero-order valence-electron chi connectivity index (χ0n) is 23.5. The molecule has 2 aliphatic heterocycles. The van der Waals surface area contributed by atoms with Gasteiger partial charge in [-0.15, -0.1) is 0 Å². The minimum atomic E-state index is -4.34. The second kappa shape index (κ2) is 13.2. The minimum absolute atomic E-state index is 0.0300. The summed E-state index contributed by atoms with van der Waals surface area (Å²) < 4.78 is 49.9. The summed E-state index contributed by atoms with van der Waals surface area (Å²) in [5.74, 6) is -0.725. The van der Waals surface area contributed by atoms with Crippen LogP contribution in [0, 0.1) is 18.8 Å². The Kier molecular flexibility index (Phi) is 9.66. The Balaban J connectivity index is 1.64. The first-order valence-corrected chi connectivity index (χ1v) is 13.6. The average molecular weight is 589 g/mol. The molecule has 4 N–H and O–H groups in total. The fourth-order valence-electron chi connectivity index (χ4n) is 5.11. The number of amides is 3. The van der Waals surface area contributed by atoms with E-state index >= 15 is 0 Å². The van der Waals surface area contributed by atoms with Crippen LogP contribution in [0.4, 0.5) is 28.4 Å². The molecule has 0 saturated carbocycles. The van der Waals surface area contributed by atoms with Crippen LogP contribution in [0.3, 0.4) is 0 Å². The lowest BCUT2D eigenvalue weighted by Crippen LogP contribution is -2.35. The number of hydrogen-bond donors (Lipinski definition) is 4. The number of alkyl halides is 3. The van der Waals surface area contributed by atoms with Gasteiger partial charge in [0.25, 0.3) is 0 Å². The van der Waals surface area contributed by atoms with E-state index in [0.717, 1.165) is 27.8 Å². The van der Waals surface area contributed by atoms with E-state index in [2.05, 4.69) is 22.5 Å². The van der Waals surface area contributed by atoms with Gasteiger partial charge in [0.15, 0.2) is 0 Å². The number of rotatable bonds is 7. The number of alkyl carbamates (subject to hydrolysis) is 1. The number of carbonyl (C=O) groups excluding carboxylic acids is 2. The summed E-state index contributed by atoms with van der Waals surface area (Å²) in [6, 6.07) is 4.72. The van der Waals surface area contributed by atoms with Crippen molar-refractivity contribution in [1.29, 1.82) is 0 Å². The van der Waals surface area contributed by atoms with E-state index in [1.165, 1.54) is 12.0 Å². The minimum Gasteiger partial charge on any atom is -0.495 e. The van der Waals surface area contributed by atoms with Crippen molar-refractivity contribution in [2.24, 2.45) is 11.8 Å². The molecule has 0 spiro atoms. The molecule has 1 aliphatic carbocycles. The maximum absolute atomic E-state index is 13.1. The number of methoxy groups -OCH3 is 1. The number of dihydropyridines is 1. The van der Waals surface area contributed by atoms with E-state index in [1.807, 2.05) is 31.2 Å². The molecule has 0 aromatic heterocycles. The lowest BCUT2D eigenvalue weighted by Gasteiger charge is -2.23. The zero-order valence-corrected chi connectivity index (χ0v) is 23.5. The van der Waals surface area contributed by atoms with Gasteiger partial charge < -0.3 is 30.1 Å². The molecule has 4 rings (SSSR count). The molecule has 9 nitrogen and oxygen atoms in total. The normalized spacial score (nSPS) is 20.8. The molecule has 1 saturated heterocycles. The molecule has 2 heterocycles. The van der Waals surface area contributed by atoms with Gasteiger partial charge in [-0.2, -0.15) is 13.2 Å². The van der Waals surface area contributed by atoms with Gasteiger partial charge in [-0.25, -0.2) is 9.59 Å². The SMILES string of the molecule is C=C1CC(OCCO)=CC(c2cc(NC(=O)N3CCC(C(F)(F)F)C3)ccc2C)=CC1C1=CCNC(NC(=O)OC)=C1. The molecule has 1 aromatic rings. The summed E-state index contributed by atoms with van der Waals surface area (Å²) in [5.41, 5.74) is 4.59. The van der Waals surface area contributed by atoms with Crippen molar-refractivity contribution in [3.63, 3.8) is 0 Å². The second-order valence-electron chi connectivity index (χ2n) is 10.3. The maximum atomic E-state index is 13.1. The number of nitrogens with zero attached hydrogens (tertiary/aromatic N) is 1. The Labute approximate surface area is 242 Å². The number of aliphatic hydroxyl groups excluding tert-OH is 1. The van der Waals surface area contributed by atoms with Crippen LogP contribution in [-0.2, 0) is 9.47 Å². The van der Waals surface area contributed by atoms with Gasteiger partial charge in [0.1, 0.15) is 18.2 Å². The highest BCUT2D eigenvalue weighted by molar-refractivity contribution is 5.91. The standard InChI is InChI=1S/C30H35F3N4O5/c1-18-4-5-23(35-28(39)37-9-7-22(17-37)30(31,32)33)16-26(18)21-13-24(42-11-10-38)12-19(2)25(14-21)20-6-8-34-27(15-20)36-29(40)41-3/h4-6,13-16,22,25,34,38H,2,7-12,17H2,1,3H3,(H,35,39)(H,36,40). The number of anilines is 1. The Bertz CT molecular complexity index is 1350. The molecular formula is C30H35F3N4O5. The van der Waals surface area contributed by atoms with Crippen molar-refractivity contribution < 1.29 is 37.3 Å². The molecule has 2 unspecified atom stereocenters. The summed E-state index contributed by atoms with van der Waals surface area (Å²) in [4.78, 5) is 25.8. The number of hydrogen-bond acceptors (Lipinski definition) is 6. The van der Waals surface area contributed by atoms with Crippen molar-refractivity contribution in [2.45, 2.75) is 25.9 Å². The highest BCUT2D eigenvalue weighted by atomic mass is 19.4. The van der Waals surface area contributed by atoms with Gasteiger partial charge in [0.2, 0.25) is 0 Å². The predicted octanol–water partition coefficient (Wildman–Crippen LogP) is 4.99. The number of likely N-dealkylation sites (tertiary alicyclic amines) is 1. The van der Waals surface area contributed by atoms with Gasteiger partial charge in [-0.3, -0.25) is 5.32 Å². The van der Waals surface area contributed by atoms with Crippen LogP contribution in [0.5, 0.6) is 0 Å². The molecule has 226 valence electrons. The number of urea groups is 1. The highest BCUT2D eigenvalue weighted by Gasteiger charge is 2.44. The van der Waals surface area contributed by atoms with Crippen molar-refractivity contribution in [2.75, 3.05) is 45.3 Å². The quantitative estimate of drug-likeness (QED) is 0.334. The number of aryl methyl sites for hydroxylation is 1. The monoisotopic (exact) mass is 588 g/mol. The lowest BCUT2D eigenvalue weighted by atomic mass is 9.87. The molecule has 1 aromatic carbocycles. The Hall–Kier alpha value is -4.19. The van der Waals surface area contributed by atoms with E-state index in [1.54, 1.807) is 18.2 Å². The Morgan fingerprint density at radius 2 is 2.02 bits per heavy atom. The molecule has 3 amide bonds. The van der Waals surface area contributed by atoms with Crippen molar-refractivity contribution in [3.05, 3.63) is 82.9 Å². The largest absolute Gasteiger partial charge is 0.495 e. The number of halogens is 3. The second-order valence-corrected chi connectivity index (χ2v) is 10.3. The maximum Gasteiger partial charge on any atom is 0.412 e. The summed E-state index contributed by atoms with van der Waals surface area (Å²) >= 11 is 0. The lowest BCUT2D eigenvalue weighted by molar-refractivity contribution is -0.169. The molecule has 42 heavy (non-hydrogen) atoms. The first-order valence-electron chi connectivity index (χ1n) is 13.6. The predicted molar refractivity (Wildman–Crippen MR) is 152 cm³/mol. The van der Waals surface area contributed by atoms with Crippen LogP contribution in [-0.4, -0.2) is 68.3 Å². The molecule has 0 bridgehead atoms. The first kappa shape index (κ1) is 30.8. The first-order chi connectivity index (χ1) is 20.0.